The molecule has 1 aromatic carbocycles. The largest absolute Gasteiger partial charge is 0.379 e. The number of ether oxygens (including phenoxy) is 1. The molecule has 0 bridgehead atoms. The zero-order chi connectivity index (χ0) is 13.7. The fourth-order valence-corrected chi connectivity index (χ4v) is 2.38. The first kappa shape index (κ1) is 14.0. The Morgan fingerprint density at radius 2 is 2.05 bits per heavy atom. The number of hydrogen-bond donors (Lipinski definition) is 2. The number of aryl methyl sites for hydroxylation is 1. The van der Waals surface area contributed by atoms with Crippen molar-refractivity contribution in [2.24, 2.45) is 5.92 Å². The molecule has 19 heavy (non-hydrogen) atoms. The Morgan fingerprint density at radius 1 is 1.32 bits per heavy atom. The summed E-state index contributed by atoms with van der Waals surface area (Å²) in [6, 6.07) is 8.18. The summed E-state index contributed by atoms with van der Waals surface area (Å²) in [7, 11) is 1.86. The second kappa shape index (κ2) is 6.68. The van der Waals surface area contributed by atoms with Gasteiger partial charge in [-0.05, 0) is 31.2 Å². The molecule has 4 nitrogen and oxygen atoms in total. The minimum atomic E-state index is -0.111. The molecule has 0 spiro atoms. The van der Waals surface area contributed by atoms with Crippen molar-refractivity contribution in [3.63, 3.8) is 0 Å². The first-order valence-electron chi connectivity index (χ1n) is 6.89. The van der Waals surface area contributed by atoms with Gasteiger partial charge in [0.15, 0.2) is 0 Å². The number of carbonyl (C=O) groups excluding carboxylic acids is 1. The average Bonchev–Trinajstić information content (AvgIpc) is 2.90. The number of amides is 1. The van der Waals surface area contributed by atoms with Crippen LogP contribution in [0.5, 0.6) is 0 Å². The number of rotatable bonds is 5. The predicted octanol–water partition coefficient (Wildman–Crippen LogP) is 1.81. The number of likely N-dealkylation sites (N-methyl/N-ethyl adjacent to an activating group) is 1. The maximum absolute atomic E-state index is 12.2. The van der Waals surface area contributed by atoms with E-state index in [4.69, 9.17) is 4.74 Å². The quantitative estimate of drug-likeness (QED) is 0.851. The summed E-state index contributed by atoms with van der Waals surface area (Å²) in [6.45, 7) is 3.25. The molecule has 1 heterocycles. The molecule has 1 amide bonds. The Labute approximate surface area is 114 Å². The van der Waals surface area contributed by atoms with Crippen LogP contribution >= 0.6 is 0 Å². The van der Waals surface area contributed by atoms with Gasteiger partial charge in [-0.25, -0.2) is 0 Å². The van der Waals surface area contributed by atoms with Crippen LogP contribution in [0.4, 0.5) is 5.69 Å². The summed E-state index contributed by atoms with van der Waals surface area (Å²) in [5.41, 5.74) is 2.16. The highest BCUT2D eigenvalue weighted by Gasteiger charge is 2.32. The Hall–Kier alpha value is -1.39. The van der Waals surface area contributed by atoms with Gasteiger partial charge in [0.2, 0.25) is 5.91 Å². The molecule has 2 atom stereocenters. The molecule has 1 aromatic rings. The van der Waals surface area contributed by atoms with Gasteiger partial charge in [0.1, 0.15) is 0 Å². The Bertz CT molecular complexity index is 417. The van der Waals surface area contributed by atoms with Crippen molar-refractivity contribution < 1.29 is 9.53 Å². The van der Waals surface area contributed by atoms with Crippen LogP contribution in [0.3, 0.4) is 0 Å². The van der Waals surface area contributed by atoms with E-state index in [-0.39, 0.29) is 17.9 Å². The molecule has 1 aliphatic rings. The molecular weight excluding hydrogens is 240 g/mol. The molecule has 0 radical (unpaired) electrons. The fraction of sp³-hybridized carbons (Fsp3) is 0.533. The third-order valence-electron chi connectivity index (χ3n) is 3.55. The maximum atomic E-state index is 12.2. The van der Waals surface area contributed by atoms with Crippen LogP contribution in [0.2, 0.25) is 0 Å². The number of anilines is 1. The zero-order valence-corrected chi connectivity index (χ0v) is 11.6. The number of nitrogens with one attached hydrogen (secondary N) is 2. The van der Waals surface area contributed by atoms with Crippen molar-refractivity contribution in [2.45, 2.75) is 25.8 Å². The van der Waals surface area contributed by atoms with Crippen LogP contribution in [0.15, 0.2) is 24.3 Å². The monoisotopic (exact) mass is 262 g/mol. The second-order valence-electron chi connectivity index (χ2n) is 4.98. The van der Waals surface area contributed by atoms with Crippen molar-refractivity contribution in [2.75, 3.05) is 25.6 Å². The van der Waals surface area contributed by atoms with Gasteiger partial charge in [-0.2, -0.15) is 0 Å². The van der Waals surface area contributed by atoms with E-state index in [1.54, 1.807) is 0 Å². The van der Waals surface area contributed by atoms with Crippen LogP contribution in [-0.2, 0) is 16.0 Å². The number of carbonyl (C=O) groups is 1. The van der Waals surface area contributed by atoms with E-state index < -0.39 is 0 Å². The van der Waals surface area contributed by atoms with E-state index in [1.165, 1.54) is 5.56 Å². The minimum Gasteiger partial charge on any atom is -0.379 e. The van der Waals surface area contributed by atoms with Crippen molar-refractivity contribution >= 4 is 11.6 Å². The molecule has 0 aliphatic carbocycles. The molecule has 104 valence electrons. The summed E-state index contributed by atoms with van der Waals surface area (Å²) >= 11 is 0. The van der Waals surface area contributed by atoms with Gasteiger partial charge in [0.05, 0.1) is 19.1 Å². The van der Waals surface area contributed by atoms with Gasteiger partial charge >= 0.3 is 0 Å². The van der Waals surface area contributed by atoms with Crippen LogP contribution in [0.25, 0.3) is 0 Å². The first-order valence-corrected chi connectivity index (χ1v) is 6.89. The van der Waals surface area contributed by atoms with Crippen LogP contribution in [-0.4, -0.2) is 32.2 Å². The molecular formula is C15H22N2O2. The highest BCUT2D eigenvalue weighted by molar-refractivity contribution is 5.93. The molecule has 1 saturated heterocycles. The third kappa shape index (κ3) is 3.55. The molecule has 2 rings (SSSR count). The normalized spacial score (nSPS) is 22.4. The van der Waals surface area contributed by atoms with E-state index in [9.17, 15) is 4.79 Å². The highest BCUT2D eigenvalue weighted by atomic mass is 16.5. The SMILES string of the molecule is CCCc1ccc(NC(=O)C2COCC2NC)cc1. The number of hydrogen-bond acceptors (Lipinski definition) is 3. The molecule has 2 N–H and O–H groups in total. The first-order chi connectivity index (χ1) is 9.24. The molecule has 1 aliphatic heterocycles. The molecule has 0 aromatic heterocycles. The van der Waals surface area contributed by atoms with Gasteiger partial charge in [-0.3, -0.25) is 4.79 Å². The van der Waals surface area contributed by atoms with Crippen LogP contribution in [0, 0.1) is 5.92 Å². The summed E-state index contributed by atoms with van der Waals surface area (Å²) in [4.78, 5) is 12.2. The van der Waals surface area contributed by atoms with E-state index >= 15 is 0 Å². The average molecular weight is 262 g/mol. The van der Waals surface area contributed by atoms with Crippen molar-refractivity contribution in [1.29, 1.82) is 0 Å². The lowest BCUT2D eigenvalue weighted by molar-refractivity contribution is -0.120. The fourth-order valence-electron chi connectivity index (χ4n) is 2.38. The minimum absolute atomic E-state index is 0.0279. The standard InChI is InChI=1S/C15H22N2O2/c1-3-4-11-5-7-12(8-6-11)17-15(18)13-9-19-10-14(13)16-2/h5-8,13-14,16H,3-4,9-10H2,1-2H3,(H,17,18). The summed E-state index contributed by atoms with van der Waals surface area (Å²) in [5.74, 6) is -0.0830. The van der Waals surface area contributed by atoms with Crippen LogP contribution < -0.4 is 10.6 Å². The van der Waals surface area contributed by atoms with Gasteiger partial charge in [-0.1, -0.05) is 25.5 Å². The summed E-state index contributed by atoms with van der Waals surface area (Å²) in [6.07, 6.45) is 2.21. The Morgan fingerprint density at radius 3 is 2.68 bits per heavy atom. The third-order valence-corrected chi connectivity index (χ3v) is 3.55. The van der Waals surface area contributed by atoms with E-state index in [0.717, 1.165) is 18.5 Å². The molecule has 4 heteroatoms. The van der Waals surface area contributed by atoms with Crippen molar-refractivity contribution in [3.8, 4) is 0 Å². The maximum Gasteiger partial charge on any atom is 0.231 e. The van der Waals surface area contributed by atoms with Gasteiger partial charge < -0.3 is 15.4 Å². The van der Waals surface area contributed by atoms with Crippen molar-refractivity contribution in [3.05, 3.63) is 29.8 Å². The Balaban J connectivity index is 1.94. The Kier molecular flexibility index (Phi) is 4.93. The summed E-state index contributed by atoms with van der Waals surface area (Å²) in [5, 5.41) is 6.08. The topological polar surface area (TPSA) is 50.4 Å². The molecule has 2 unspecified atom stereocenters. The number of benzene rings is 1. The smallest absolute Gasteiger partial charge is 0.231 e. The molecule has 1 fully saturated rings. The van der Waals surface area contributed by atoms with E-state index in [0.29, 0.717) is 13.2 Å². The van der Waals surface area contributed by atoms with Gasteiger partial charge in [0, 0.05) is 11.7 Å². The lowest BCUT2D eigenvalue weighted by Gasteiger charge is -2.16. The van der Waals surface area contributed by atoms with Gasteiger partial charge in [-0.15, -0.1) is 0 Å². The summed E-state index contributed by atoms with van der Waals surface area (Å²) < 4.78 is 5.35. The van der Waals surface area contributed by atoms with E-state index in [1.807, 2.05) is 19.2 Å². The van der Waals surface area contributed by atoms with Gasteiger partial charge in [0.25, 0.3) is 0 Å². The lowest BCUT2D eigenvalue weighted by Crippen LogP contribution is -2.39. The van der Waals surface area contributed by atoms with Crippen LogP contribution in [0.1, 0.15) is 18.9 Å². The van der Waals surface area contributed by atoms with Crippen molar-refractivity contribution in [1.82, 2.24) is 5.32 Å². The highest BCUT2D eigenvalue weighted by Crippen LogP contribution is 2.17. The molecule has 0 saturated carbocycles. The van der Waals surface area contributed by atoms with E-state index in [2.05, 4.69) is 29.7 Å². The predicted molar refractivity (Wildman–Crippen MR) is 76.2 cm³/mol. The lowest BCUT2D eigenvalue weighted by atomic mass is 10.0. The second-order valence-corrected chi connectivity index (χ2v) is 4.98. The zero-order valence-electron chi connectivity index (χ0n) is 11.6.